The zero-order valence-electron chi connectivity index (χ0n) is 4.94. The summed E-state index contributed by atoms with van der Waals surface area (Å²) < 4.78 is 4.48. The minimum Gasteiger partial charge on any atom is -0.298 e. The minimum absolute atomic E-state index is 0.684. The van der Waals surface area contributed by atoms with E-state index in [-0.39, 0.29) is 0 Å². The highest BCUT2D eigenvalue weighted by Gasteiger charge is 1.79. The van der Waals surface area contributed by atoms with Gasteiger partial charge < -0.3 is 0 Å². The average Bonchev–Trinajstić information content (AvgIpc) is 1.69. The fourth-order valence-electron chi connectivity index (χ4n) is 0.287. The van der Waals surface area contributed by atoms with Crippen LogP contribution < -0.4 is 0 Å². The van der Waals surface area contributed by atoms with Gasteiger partial charge in [0.05, 0.1) is 6.61 Å². The Morgan fingerprint density at radius 2 is 2.29 bits per heavy atom. The highest BCUT2D eigenvalue weighted by molar-refractivity contribution is 5.97. The zero-order chi connectivity index (χ0) is 5.54. The van der Waals surface area contributed by atoms with Crippen molar-refractivity contribution in [1.29, 1.82) is 0 Å². The summed E-state index contributed by atoms with van der Waals surface area (Å²) in [5.41, 5.74) is 0. The van der Waals surface area contributed by atoms with Crippen LogP contribution in [0.2, 0.25) is 0 Å². The van der Waals surface area contributed by atoms with Crippen LogP contribution in [-0.2, 0) is 9.46 Å². The van der Waals surface area contributed by atoms with Crippen LogP contribution in [0.15, 0.2) is 0 Å². The molecule has 44 valence electrons. The SMILES string of the molecule is CCCCOO[SiH3]. The molecule has 2 nitrogen and oxygen atoms in total. The molecule has 0 saturated heterocycles. The van der Waals surface area contributed by atoms with E-state index in [9.17, 15) is 0 Å². The molecule has 0 amide bonds. The Hall–Kier alpha value is 0.137. The van der Waals surface area contributed by atoms with Crippen molar-refractivity contribution in [1.82, 2.24) is 0 Å². The van der Waals surface area contributed by atoms with Gasteiger partial charge in [0.25, 0.3) is 0 Å². The maximum Gasteiger partial charge on any atom is 0.193 e. The number of hydrogen-bond acceptors (Lipinski definition) is 2. The van der Waals surface area contributed by atoms with Gasteiger partial charge in [0.15, 0.2) is 10.5 Å². The van der Waals surface area contributed by atoms with Crippen LogP contribution in [-0.4, -0.2) is 17.1 Å². The molecule has 3 heteroatoms. The molecule has 0 bridgehead atoms. The summed E-state index contributed by atoms with van der Waals surface area (Å²) in [6.45, 7) is 2.87. The molecule has 0 aromatic rings. The molecule has 0 aliphatic heterocycles. The van der Waals surface area contributed by atoms with Crippen molar-refractivity contribution in [2.45, 2.75) is 19.8 Å². The molecule has 0 radical (unpaired) electrons. The van der Waals surface area contributed by atoms with Gasteiger partial charge >= 0.3 is 0 Å². The molecule has 0 fully saturated rings. The lowest BCUT2D eigenvalue weighted by Crippen LogP contribution is -1.91. The van der Waals surface area contributed by atoms with Crippen LogP contribution >= 0.6 is 0 Å². The van der Waals surface area contributed by atoms with Crippen molar-refractivity contribution in [3.05, 3.63) is 0 Å². The maximum atomic E-state index is 4.64. The highest BCUT2D eigenvalue weighted by Crippen LogP contribution is 1.85. The van der Waals surface area contributed by atoms with Gasteiger partial charge in [0, 0.05) is 0 Å². The van der Waals surface area contributed by atoms with E-state index < -0.39 is 0 Å². The molecule has 0 aromatic heterocycles. The molecular weight excluding hydrogens is 108 g/mol. The monoisotopic (exact) mass is 120 g/mol. The first-order valence-corrected chi connectivity index (χ1v) is 3.39. The lowest BCUT2D eigenvalue weighted by Gasteiger charge is -1.94. The van der Waals surface area contributed by atoms with E-state index in [1.807, 2.05) is 0 Å². The van der Waals surface area contributed by atoms with Crippen LogP contribution in [0.5, 0.6) is 0 Å². The fourth-order valence-corrected chi connectivity index (χ4v) is 0.453. The first-order chi connectivity index (χ1) is 3.41. The van der Waals surface area contributed by atoms with Crippen LogP contribution in [0.3, 0.4) is 0 Å². The number of rotatable bonds is 4. The second kappa shape index (κ2) is 6.14. The van der Waals surface area contributed by atoms with Crippen molar-refractivity contribution in [2.24, 2.45) is 0 Å². The van der Waals surface area contributed by atoms with Gasteiger partial charge in [-0.05, 0) is 6.42 Å². The third-order valence-corrected chi connectivity index (χ3v) is 0.935. The summed E-state index contributed by atoms with van der Waals surface area (Å²) in [7, 11) is 0.684. The summed E-state index contributed by atoms with van der Waals surface area (Å²) in [6, 6.07) is 0. The second-order valence-corrected chi connectivity index (χ2v) is 1.68. The molecular formula is C4H12O2Si. The summed E-state index contributed by atoms with van der Waals surface area (Å²) in [5, 5.41) is 0. The Labute approximate surface area is 47.3 Å². The molecule has 0 aromatic carbocycles. The summed E-state index contributed by atoms with van der Waals surface area (Å²) in [5.74, 6) is 0. The van der Waals surface area contributed by atoms with E-state index in [4.69, 9.17) is 0 Å². The lowest BCUT2D eigenvalue weighted by molar-refractivity contribution is -0.204. The van der Waals surface area contributed by atoms with Crippen LogP contribution in [0, 0.1) is 0 Å². The van der Waals surface area contributed by atoms with E-state index in [1.54, 1.807) is 0 Å². The van der Waals surface area contributed by atoms with Crippen molar-refractivity contribution in [3.8, 4) is 0 Å². The number of hydrogen-bond donors (Lipinski definition) is 0. The van der Waals surface area contributed by atoms with E-state index >= 15 is 0 Å². The van der Waals surface area contributed by atoms with Crippen LogP contribution in [0.4, 0.5) is 0 Å². The highest BCUT2D eigenvalue weighted by atomic mass is 28.2. The van der Waals surface area contributed by atoms with Gasteiger partial charge in [0.2, 0.25) is 0 Å². The third kappa shape index (κ3) is 6.14. The Kier molecular flexibility index (Phi) is 6.26. The molecule has 0 unspecified atom stereocenters. The van der Waals surface area contributed by atoms with Gasteiger partial charge in [-0.2, -0.15) is 0 Å². The van der Waals surface area contributed by atoms with Crippen molar-refractivity contribution < 1.29 is 9.46 Å². The maximum absolute atomic E-state index is 4.64. The molecule has 0 saturated carbocycles. The lowest BCUT2D eigenvalue weighted by atomic mass is 10.4. The molecule has 0 N–H and O–H groups in total. The third-order valence-electron chi connectivity index (χ3n) is 0.699. The summed E-state index contributed by atoms with van der Waals surface area (Å²) in [6.07, 6.45) is 2.27. The predicted octanol–water partition coefficient (Wildman–Crippen LogP) is 0.0151. The Morgan fingerprint density at radius 1 is 1.57 bits per heavy atom. The first kappa shape index (κ1) is 7.14. The minimum atomic E-state index is 0.684. The first-order valence-electron chi connectivity index (χ1n) is 2.57. The smallest absolute Gasteiger partial charge is 0.193 e. The Morgan fingerprint density at radius 3 is 2.71 bits per heavy atom. The molecule has 0 aliphatic carbocycles. The molecule has 0 rings (SSSR count). The summed E-state index contributed by atoms with van der Waals surface area (Å²) in [4.78, 5) is 4.64. The normalized spacial score (nSPS) is 9.86. The number of unbranched alkanes of at least 4 members (excludes halogenated alkanes) is 1. The van der Waals surface area contributed by atoms with E-state index in [0.29, 0.717) is 10.5 Å². The Balaban J connectivity index is 2.45. The summed E-state index contributed by atoms with van der Waals surface area (Å²) >= 11 is 0. The molecule has 0 atom stereocenters. The average molecular weight is 120 g/mol. The molecule has 0 heterocycles. The quantitative estimate of drug-likeness (QED) is 0.225. The van der Waals surface area contributed by atoms with Gasteiger partial charge in [-0.1, -0.05) is 13.3 Å². The topological polar surface area (TPSA) is 18.5 Å². The van der Waals surface area contributed by atoms with Crippen molar-refractivity contribution >= 4 is 10.5 Å². The molecule has 0 spiro atoms. The van der Waals surface area contributed by atoms with Crippen molar-refractivity contribution in [2.75, 3.05) is 6.61 Å². The molecule has 0 aliphatic rings. The van der Waals surface area contributed by atoms with Gasteiger partial charge in [-0.3, -0.25) is 4.58 Å². The van der Waals surface area contributed by atoms with Gasteiger partial charge in [-0.15, -0.1) is 0 Å². The van der Waals surface area contributed by atoms with Gasteiger partial charge in [0.1, 0.15) is 0 Å². The van der Waals surface area contributed by atoms with Crippen LogP contribution in [0.25, 0.3) is 0 Å². The van der Waals surface area contributed by atoms with Crippen LogP contribution in [0.1, 0.15) is 19.8 Å². The fraction of sp³-hybridized carbons (Fsp3) is 1.00. The Bertz CT molecular complexity index is 28.9. The molecule has 7 heavy (non-hydrogen) atoms. The predicted molar refractivity (Wildman–Crippen MR) is 31.9 cm³/mol. The standard InChI is InChI=1S/C4H12O2Si/c1-2-3-4-5-6-7/h2-4H2,1,7H3. The van der Waals surface area contributed by atoms with Gasteiger partial charge in [-0.25, -0.2) is 4.89 Å². The second-order valence-electron chi connectivity index (χ2n) is 1.34. The van der Waals surface area contributed by atoms with Crippen molar-refractivity contribution in [3.63, 3.8) is 0 Å². The van der Waals surface area contributed by atoms with E-state index in [0.717, 1.165) is 13.0 Å². The van der Waals surface area contributed by atoms with E-state index in [2.05, 4.69) is 16.4 Å². The van der Waals surface area contributed by atoms with E-state index in [1.165, 1.54) is 6.42 Å². The largest absolute Gasteiger partial charge is 0.298 e. The zero-order valence-corrected chi connectivity index (χ0v) is 6.94.